The predicted octanol–water partition coefficient (Wildman–Crippen LogP) is 3.43. The quantitative estimate of drug-likeness (QED) is 0.853. The van der Waals surface area contributed by atoms with Crippen LogP contribution in [0.5, 0.6) is 0 Å². The van der Waals surface area contributed by atoms with Crippen molar-refractivity contribution in [3.63, 3.8) is 0 Å². The highest BCUT2D eigenvalue weighted by molar-refractivity contribution is 7.80. The van der Waals surface area contributed by atoms with Crippen molar-refractivity contribution in [2.24, 2.45) is 7.05 Å². The molecule has 0 saturated heterocycles. The number of halogens is 1. The summed E-state index contributed by atoms with van der Waals surface area (Å²) < 4.78 is 1.85. The summed E-state index contributed by atoms with van der Waals surface area (Å²) in [7, 11) is 1.92. The second kappa shape index (κ2) is 6.24. The molecule has 1 unspecified atom stereocenters. The Bertz CT molecular complexity index is 623. The zero-order valence-corrected chi connectivity index (χ0v) is 13.2. The maximum Gasteiger partial charge on any atom is 0.171 e. The number of nitrogens with one attached hydrogen (secondary N) is 2. The van der Waals surface area contributed by atoms with Gasteiger partial charge in [0, 0.05) is 18.3 Å². The summed E-state index contributed by atoms with van der Waals surface area (Å²) in [5.74, 6) is 0. The first-order chi connectivity index (χ1) is 9.49. The zero-order chi connectivity index (χ0) is 14.7. The lowest BCUT2D eigenvalue weighted by Crippen LogP contribution is -2.31. The number of aryl methyl sites for hydroxylation is 1. The van der Waals surface area contributed by atoms with Crippen molar-refractivity contribution in [2.45, 2.75) is 19.9 Å². The van der Waals surface area contributed by atoms with Gasteiger partial charge in [-0.1, -0.05) is 23.7 Å². The van der Waals surface area contributed by atoms with Gasteiger partial charge in [0.1, 0.15) is 0 Å². The molecule has 2 N–H and O–H groups in total. The van der Waals surface area contributed by atoms with E-state index in [-0.39, 0.29) is 6.04 Å². The molecular weight excluding hydrogens is 292 g/mol. The van der Waals surface area contributed by atoms with Crippen molar-refractivity contribution in [2.75, 3.05) is 5.32 Å². The highest BCUT2D eigenvalue weighted by Gasteiger charge is 2.13. The fourth-order valence-corrected chi connectivity index (χ4v) is 2.41. The second-order valence-corrected chi connectivity index (χ2v) is 5.42. The number of thiocarbonyl (C=S) groups is 1. The van der Waals surface area contributed by atoms with Gasteiger partial charge in [-0.2, -0.15) is 5.10 Å². The van der Waals surface area contributed by atoms with Crippen LogP contribution in [0.25, 0.3) is 0 Å². The Hall–Kier alpha value is -1.59. The van der Waals surface area contributed by atoms with Gasteiger partial charge in [0.25, 0.3) is 0 Å². The molecule has 106 valence electrons. The Morgan fingerprint density at radius 3 is 2.70 bits per heavy atom. The third-order valence-electron chi connectivity index (χ3n) is 3.21. The molecule has 2 rings (SSSR count). The Balaban J connectivity index is 2.02. The van der Waals surface area contributed by atoms with E-state index in [1.54, 1.807) is 0 Å². The highest BCUT2D eigenvalue weighted by Crippen LogP contribution is 2.21. The van der Waals surface area contributed by atoms with Crippen molar-refractivity contribution in [1.82, 2.24) is 15.1 Å². The Morgan fingerprint density at radius 1 is 1.40 bits per heavy atom. The molecule has 0 spiro atoms. The third-order valence-corrected chi connectivity index (χ3v) is 3.76. The lowest BCUT2D eigenvalue weighted by atomic mass is 10.1. The molecule has 0 radical (unpaired) electrons. The number of hydrogen-bond acceptors (Lipinski definition) is 2. The van der Waals surface area contributed by atoms with Crippen LogP contribution in [-0.4, -0.2) is 14.9 Å². The first-order valence-corrected chi connectivity index (χ1v) is 7.08. The van der Waals surface area contributed by atoms with Gasteiger partial charge >= 0.3 is 0 Å². The van der Waals surface area contributed by atoms with Crippen LogP contribution >= 0.6 is 23.8 Å². The number of anilines is 1. The van der Waals surface area contributed by atoms with Crippen molar-refractivity contribution in [3.8, 4) is 0 Å². The average molecular weight is 309 g/mol. The molecule has 1 aromatic heterocycles. The number of benzene rings is 1. The average Bonchev–Trinajstić information content (AvgIpc) is 2.73. The van der Waals surface area contributed by atoms with E-state index in [9.17, 15) is 0 Å². The third kappa shape index (κ3) is 3.29. The van der Waals surface area contributed by atoms with Gasteiger partial charge in [0.15, 0.2) is 5.11 Å². The molecule has 0 aliphatic carbocycles. The molecule has 2 aromatic rings. The van der Waals surface area contributed by atoms with E-state index in [2.05, 4.69) is 15.7 Å². The number of hydrogen-bond donors (Lipinski definition) is 2. The fraction of sp³-hybridized carbons (Fsp3) is 0.286. The van der Waals surface area contributed by atoms with Crippen LogP contribution in [0, 0.1) is 6.92 Å². The minimum Gasteiger partial charge on any atom is -0.356 e. The van der Waals surface area contributed by atoms with Gasteiger partial charge in [-0.25, -0.2) is 0 Å². The zero-order valence-electron chi connectivity index (χ0n) is 11.6. The van der Waals surface area contributed by atoms with Gasteiger partial charge < -0.3 is 10.6 Å². The number of rotatable bonds is 3. The smallest absolute Gasteiger partial charge is 0.171 e. The van der Waals surface area contributed by atoms with E-state index >= 15 is 0 Å². The monoisotopic (exact) mass is 308 g/mol. The van der Waals surface area contributed by atoms with Crippen LogP contribution in [0.2, 0.25) is 5.02 Å². The summed E-state index contributed by atoms with van der Waals surface area (Å²) in [5.41, 5.74) is 3.03. The maximum atomic E-state index is 6.09. The van der Waals surface area contributed by atoms with Gasteiger partial charge in [0.2, 0.25) is 0 Å². The first kappa shape index (κ1) is 14.8. The summed E-state index contributed by atoms with van der Waals surface area (Å²) in [6.45, 7) is 4.08. The standard InChI is InChI=1S/C14H17ClN4S/c1-9(11-8-16-19(3)10(11)2)17-14(20)18-13-7-5-4-6-12(13)15/h4-9H,1-3H3,(H2,17,18,20). The normalized spacial score (nSPS) is 12.0. The van der Waals surface area contributed by atoms with Gasteiger partial charge in [-0.3, -0.25) is 4.68 Å². The van der Waals surface area contributed by atoms with E-state index in [1.165, 1.54) is 0 Å². The molecule has 4 nitrogen and oxygen atoms in total. The molecule has 0 saturated carbocycles. The van der Waals surface area contributed by atoms with E-state index < -0.39 is 0 Å². The summed E-state index contributed by atoms with van der Waals surface area (Å²) in [4.78, 5) is 0. The van der Waals surface area contributed by atoms with E-state index in [1.807, 2.05) is 56.0 Å². The molecule has 0 aliphatic rings. The lowest BCUT2D eigenvalue weighted by molar-refractivity contribution is 0.701. The summed E-state index contributed by atoms with van der Waals surface area (Å²) >= 11 is 11.4. The SMILES string of the molecule is Cc1c(C(C)NC(=S)Nc2ccccc2Cl)cnn1C. The Labute approximate surface area is 129 Å². The molecule has 1 heterocycles. The minimum absolute atomic E-state index is 0.0752. The minimum atomic E-state index is 0.0752. The Kier molecular flexibility index (Phi) is 4.62. The summed E-state index contributed by atoms with van der Waals surface area (Å²) in [6, 6.07) is 7.57. The van der Waals surface area contributed by atoms with Gasteiger partial charge in [0.05, 0.1) is 22.9 Å². The van der Waals surface area contributed by atoms with Crippen molar-refractivity contribution in [1.29, 1.82) is 0 Å². The molecule has 1 aromatic carbocycles. The number of aromatic nitrogens is 2. The largest absolute Gasteiger partial charge is 0.356 e. The lowest BCUT2D eigenvalue weighted by Gasteiger charge is -2.17. The molecule has 20 heavy (non-hydrogen) atoms. The molecule has 0 bridgehead atoms. The number of nitrogens with zero attached hydrogens (tertiary/aromatic N) is 2. The van der Waals surface area contributed by atoms with Crippen LogP contribution in [0.4, 0.5) is 5.69 Å². The topological polar surface area (TPSA) is 41.9 Å². The van der Waals surface area contributed by atoms with Crippen LogP contribution in [-0.2, 0) is 7.05 Å². The summed E-state index contributed by atoms with van der Waals surface area (Å²) in [6.07, 6.45) is 1.85. The first-order valence-electron chi connectivity index (χ1n) is 6.29. The predicted molar refractivity (Wildman–Crippen MR) is 87.2 cm³/mol. The molecule has 6 heteroatoms. The molecule has 1 atom stereocenters. The Morgan fingerprint density at radius 2 is 2.10 bits per heavy atom. The van der Waals surface area contributed by atoms with E-state index in [0.29, 0.717) is 10.1 Å². The molecular formula is C14H17ClN4S. The van der Waals surface area contributed by atoms with Gasteiger partial charge in [-0.05, 0) is 38.2 Å². The van der Waals surface area contributed by atoms with E-state index in [0.717, 1.165) is 16.9 Å². The van der Waals surface area contributed by atoms with Crippen LogP contribution in [0.15, 0.2) is 30.5 Å². The second-order valence-electron chi connectivity index (χ2n) is 4.61. The molecule has 0 amide bonds. The fourth-order valence-electron chi connectivity index (χ4n) is 1.94. The van der Waals surface area contributed by atoms with Crippen molar-refractivity contribution < 1.29 is 0 Å². The van der Waals surface area contributed by atoms with Crippen molar-refractivity contribution in [3.05, 3.63) is 46.7 Å². The van der Waals surface area contributed by atoms with Crippen LogP contribution < -0.4 is 10.6 Å². The van der Waals surface area contributed by atoms with Crippen molar-refractivity contribution >= 4 is 34.6 Å². The van der Waals surface area contributed by atoms with Gasteiger partial charge in [-0.15, -0.1) is 0 Å². The van der Waals surface area contributed by atoms with E-state index in [4.69, 9.17) is 23.8 Å². The molecule has 0 fully saturated rings. The molecule has 0 aliphatic heterocycles. The van der Waals surface area contributed by atoms with Crippen LogP contribution in [0.3, 0.4) is 0 Å². The maximum absolute atomic E-state index is 6.09. The highest BCUT2D eigenvalue weighted by atomic mass is 35.5. The number of para-hydroxylation sites is 1. The summed E-state index contributed by atoms with van der Waals surface area (Å²) in [5, 5.41) is 11.7. The van der Waals surface area contributed by atoms with Crippen LogP contribution in [0.1, 0.15) is 24.2 Å².